The molecule has 1 aromatic carbocycles. The van der Waals surface area contributed by atoms with Gasteiger partial charge in [0.2, 0.25) is 0 Å². The van der Waals surface area contributed by atoms with E-state index in [1.54, 1.807) is 0 Å². The van der Waals surface area contributed by atoms with Crippen molar-refractivity contribution in [1.82, 2.24) is 0 Å². The molecular formula is C13H14F2N2O3. The summed E-state index contributed by atoms with van der Waals surface area (Å²) in [6.45, 7) is 0. The summed E-state index contributed by atoms with van der Waals surface area (Å²) in [4.78, 5) is 22.3. The molecular weight excluding hydrogens is 270 g/mol. The normalized spacial score (nSPS) is 16.2. The first-order chi connectivity index (χ1) is 9.40. The lowest BCUT2D eigenvalue weighted by molar-refractivity contribution is -0.385. The van der Waals surface area contributed by atoms with Crippen LogP contribution >= 0.6 is 0 Å². The van der Waals surface area contributed by atoms with Gasteiger partial charge >= 0.3 is 0 Å². The predicted molar refractivity (Wildman–Crippen MR) is 68.7 cm³/mol. The van der Waals surface area contributed by atoms with Gasteiger partial charge in [-0.05, 0) is 12.8 Å². The van der Waals surface area contributed by atoms with Crippen molar-refractivity contribution in [1.29, 1.82) is 0 Å². The number of carbonyl (C=O) groups is 1. The topological polar surface area (TPSA) is 63.4 Å². The monoisotopic (exact) mass is 284 g/mol. The molecule has 0 N–H and O–H groups in total. The van der Waals surface area contributed by atoms with E-state index in [-0.39, 0.29) is 17.5 Å². The SMILES string of the molecule is CN(c1c(F)cc([N+](=O)[O-])cc1F)C1CCC(=O)CC1. The van der Waals surface area contributed by atoms with Gasteiger partial charge in [-0.3, -0.25) is 14.9 Å². The molecule has 0 heterocycles. The molecule has 0 amide bonds. The lowest BCUT2D eigenvalue weighted by Crippen LogP contribution is -2.36. The Morgan fingerprint density at radius 3 is 2.20 bits per heavy atom. The Labute approximate surface area is 114 Å². The van der Waals surface area contributed by atoms with Gasteiger partial charge < -0.3 is 4.90 Å². The second-order valence-electron chi connectivity index (χ2n) is 4.90. The second-order valence-corrected chi connectivity index (χ2v) is 4.90. The molecule has 0 saturated heterocycles. The first-order valence-corrected chi connectivity index (χ1v) is 6.28. The van der Waals surface area contributed by atoms with Gasteiger partial charge in [-0.15, -0.1) is 0 Å². The number of hydrogen-bond acceptors (Lipinski definition) is 4. The fourth-order valence-corrected chi connectivity index (χ4v) is 2.49. The van der Waals surface area contributed by atoms with Crippen molar-refractivity contribution in [3.63, 3.8) is 0 Å². The highest BCUT2D eigenvalue weighted by Crippen LogP contribution is 2.31. The van der Waals surface area contributed by atoms with Gasteiger partial charge in [0, 0.05) is 25.9 Å². The number of ketones is 1. The minimum Gasteiger partial charge on any atom is -0.367 e. The van der Waals surface area contributed by atoms with E-state index in [4.69, 9.17) is 0 Å². The van der Waals surface area contributed by atoms with Crippen molar-refractivity contribution in [3.8, 4) is 0 Å². The number of nitrogens with zero attached hydrogens (tertiary/aromatic N) is 2. The van der Waals surface area contributed by atoms with Crippen LogP contribution in [0.3, 0.4) is 0 Å². The summed E-state index contributed by atoms with van der Waals surface area (Å²) in [7, 11) is 1.54. The van der Waals surface area contributed by atoms with E-state index in [9.17, 15) is 23.7 Å². The standard InChI is InChI=1S/C13H14F2N2O3/c1-16(8-2-4-10(18)5-3-8)13-11(14)6-9(17(19)20)7-12(13)15/h6-8H,2-5H2,1H3. The maximum absolute atomic E-state index is 13.9. The molecule has 1 fully saturated rings. The number of rotatable bonds is 3. The number of Topliss-reactive ketones (excluding diaryl/α,β-unsaturated/α-hetero) is 1. The van der Waals surface area contributed by atoms with Crippen LogP contribution in [0.15, 0.2) is 12.1 Å². The van der Waals surface area contributed by atoms with Crippen LogP contribution in [0.25, 0.3) is 0 Å². The second kappa shape index (κ2) is 5.52. The molecule has 1 aliphatic carbocycles. The van der Waals surface area contributed by atoms with Crippen LogP contribution in [0.2, 0.25) is 0 Å². The highest BCUT2D eigenvalue weighted by Gasteiger charge is 2.27. The van der Waals surface area contributed by atoms with Crippen molar-refractivity contribution in [2.75, 3.05) is 11.9 Å². The van der Waals surface area contributed by atoms with Crippen LogP contribution in [0.1, 0.15) is 25.7 Å². The lowest BCUT2D eigenvalue weighted by atomic mass is 9.93. The first kappa shape index (κ1) is 14.4. The van der Waals surface area contributed by atoms with Gasteiger partial charge in [0.25, 0.3) is 5.69 Å². The van der Waals surface area contributed by atoms with Crippen LogP contribution in [0.5, 0.6) is 0 Å². The van der Waals surface area contributed by atoms with Crippen LogP contribution in [0.4, 0.5) is 20.2 Å². The van der Waals surface area contributed by atoms with Crippen LogP contribution in [-0.2, 0) is 4.79 Å². The maximum Gasteiger partial charge on any atom is 0.275 e. The summed E-state index contributed by atoms with van der Waals surface area (Å²) in [5.41, 5.74) is -0.897. The third-order valence-electron chi connectivity index (χ3n) is 3.63. The molecule has 20 heavy (non-hydrogen) atoms. The van der Waals surface area contributed by atoms with Crippen molar-refractivity contribution in [2.24, 2.45) is 0 Å². The molecule has 0 atom stereocenters. The van der Waals surface area contributed by atoms with Gasteiger partial charge in [0.1, 0.15) is 11.5 Å². The van der Waals surface area contributed by atoms with E-state index >= 15 is 0 Å². The van der Waals surface area contributed by atoms with E-state index in [2.05, 4.69) is 0 Å². The third-order valence-corrected chi connectivity index (χ3v) is 3.63. The number of halogens is 2. The minimum atomic E-state index is -0.962. The Morgan fingerprint density at radius 1 is 1.25 bits per heavy atom. The highest BCUT2D eigenvalue weighted by atomic mass is 19.1. The fourth-order valence-electron chi connectivity index (χ4n) is 2.49. The van der Waals surface area contributed by atoms with Crippen molar-refractivity contribution < 1.29 is 18.5 Å². The zero-order valence-corrected chi connectivity index (χ0v) is 10.9. The quantitative estimate of drug-likeness (QED) is 0.632. The predicted octanol–water partition coefficient (Wildman–Crippen LogP) is 2.82. The number of hydrogen-bond donors (Lipinski definition) is 0. The molecule has 2 rings (SSSR count). The molecule has 0 aliphatic heterocycles. The molecule has 0 aromatic heterocycles. The average Bonchev–Trinajstić information content (AvgIpc) is 2.38. The molecule has 0 bridgehead atoms. The first-order valence-electron chi connectivity index (χ1n) is 6.28. The zero-order chi connectivity index (χ0) is 14.9. The van der Waals surface area contributed by atoms with Gasteiger partial charge in [0.15, 0.2) is 11.6 Å². The number of benzene rings is 1. The molecule has 5 nitrogen and oxygen atoms in total. The van der Waals surface area contributed by atoms with Crippen LogP contribution in [-0.4, -0.2) is 23.8 Å². The minimum absolute atomic E-state index is 0.141. The molecule has 1 aliphatic rings. The smallest absolute Gasteiger partial charge is 0.275 e. The Morgan fingerprint density at radius 2 is 1.75 bits per heavy atom. The van der Waals surface area contributed by atoms with Gasteiger partial charge in [-0.2, -0.15) is 0 Å². The Kier molecular flexibility index (Phi) is 3.96. The van der Waals surface area contributed by atoms with Crippen LogP contribution < -0.4 is 4.90 Å². The Balaban J connectivity index is 2.28. The van der Waals surface area contributed by atoms with Gasteiger partial charge in [-0.25, -0.2) is 8.78 Å². The summed E-state index contributed by atoms with van der Waals surface area (Å²) in [5, 5.41) is 10.5. The number of non-ortho nitro benzene ring substituents is 1. The average molecular weight is 284 g/mol. The Bertz CT molecular complexity index is 530. The highest BCUT2D eigenvalue weighted by molar-refractivity contribution is 5.79. The summed E-state index contributed by atoms with van der Waals surface area (Å²) in [6, 6.07) is 1.28. The van der Waals surface area contributed by atoms with Crippen LogP contribution in [0, 0.1) is 21.7 Å². The summed E-state index contributed by atoms with van der Waals surface area (Å²) in [6.07, 6.45) is 1.85. The zero-order valence-electron chi connectivity index (χ0n) is 10.9. The van der Waals surface area contributed by atoms with Crippen molar-refractivity contribution >= 4 is 17.2 Å². The Hall–Kier alpha value is -2.05. The van der Waals surface area contributed by atoms with E-state index in [1.165, 1.54) is 11.9 Å². The van der Waals surface area contributed by atoms with E-state index in [1.807, 2.05) is 0 Å². The summed E-state index contributed by atoms with van der Waals surface area (Å²) < 4.78 is 27.8. The number of carbonyl (C=O) groups excluding carboxylic acids is 1. The number of nitro groups is 1. The van der Waals surface area contributed by atoms with E-state index < -0.39 is 22.2 Å². The number of anilines is 1. The summed E-state index contributed by atoms with van der Waals surface area (Å²) in [5.74, 6) is -1.77. The lowest BCUT2D eigenvalue weighted by Gasteiger charge is -2.32. The summed E-state index contributed by atoms with van der Waals surface area (Å²) >= 11 is 0. The molecule has 0 unspecified atom stereocenters. The molecule has 1 saturated carbocycles. The largest absolute Gasteiger partial charge is 0.367 e. The molecule has 1 aromatic rings. The third kappa shape index (κ3) is 2.76. The molecule has 108 valence electrons. The number of nitro benzene ring substituents is 1. The van der Waals surface area contributed by atoms with E-state index in [0.717, 1.165) is 0 Å². The molecule has 7 heteroatoms. The van der Waals surface area contributed by atoms with E-state index in [0.29, 0.717) is 37.8 Å². The van der Waals surface area contributed by atoms with Crippen molar-refractivity contribution in [2.45, 2.75) is 31.7 Å². The van der Waals surface area contributed by atoms with Gasteiger partial charge in [-0.1, -0.05) is 0 Å². The molecule has 0 spiro atoms. The maximum atomic E-state index is 13.9. The molecule has 0 radical (unpaired) electrons. The van der Waals surface area contributed by atoms with Crippen molar-refractivity contribution in [3.05, 3.63) is 33.9 Å². The fraction of sp³-hybridized carbons (Fsp3) is 0.462. The van der Waals surface area contributed by atoms with Gasteiger partial charge in [0.05, 0.1) is 17.1 Å².